The van der Waals surface area contributed by atoms with Gasteiger partial charge in [0.05, 0.1) is 0 Å². The van der Waals surface area contributed by atoms with Gasteiger partial charge in [-0.2, -0.15) is 0 Å². The van der Waals surface area contributed by atoms with Crippen LogP contribution in [0.1, 0.15) is 36.0 Å². The Morgan fingerprint density at radius 3 is 2.44 bits per heavy atom. The fourth-order valence-corrected chi connectivity index (χ4v) is 2.83. The number of rotatable bonds is 4. The Morgan fingerprint density at radius 2 is 2.00 bits per heavy atom. The first-order chi connectivity index (χ1) is 8.48. The van der Waals surface area contributed by atoms with Crippen molar-refractivity contribution in [1.82, 2.24) is 4.90 Å². The van der Waals surface area contributed by atoms with E-state index in [0.29, 0.717) is 12.3 Å². The predicted octanol–water partition coefficient (Wildman–Crippen LogP) is 2.14. The lowest BCUT2D eigenvalue weighted by Crippen LogP contribution is -2.41. The second-order valence-corrected chi connectivity index (χ2v) is 5.88. The van der Waals surface area contributed by atoms with Crippen molar-refractivity contribution in [3.8, 4) is 5.75 Å². The normalized spacial score (nSPS) is 17.8. The molecule has 0 radical (unpaired) electrons. The quantitative estimate of drug-likeness (QED) is 0.858. The van der Waals surface area contributed by atoms with Crippen LogP contribution in [0.2, 0.25) is 0 Å². The molecule has 0 aliphatic heterocycles. The Balaban J connectivity index is 2.40. The van der Waals surface area contributed by atoms with E-state index in [1.807, 2.05) is 21.0 Å². The van der Waals surface area contributed by atoms with E-state index in [1.54, 1.807) is 0 Å². The van der Waals surface area contributed by atoms with Crippen LogP contribution in [-0.4, -0.2) is 30.6 Å². The molecule has 0 unspecified atom stereocenters. The van der Waals surface area contributed by atoms with Gasteiger partial charge in [0.25, 0.3) is 0 Å². The summed E-state index contributed by atoms with van der Waals surface area (Å²) < 4.78 is 0. The Bertz CT molecular complexity index is 431. The number of phenols is 1. The van der Waals surface area contributed by atoms with E-state index < -0.39 is 0 Å². The van der Waals surface area contributed by atoms with Gasteiger partial charge in [0.15, 0.2) is 0 Å². The summed E-state index contributed by atoms with van der Waals surface area (Å²) in [5.41, 5.74) is 9.41. The van der Waals surface area contributed by atoms with Crippen LogP contribution in [-0.2, 0) is 12.0 Å². The lowest BCUT2D eigenvalue weighted by atomic mass is 9.64. The first-order valence-corrected chi connectivity index (χ1v) is 6.66. The van der Waals surface area contributed by atoms with E-state index in [4.69, 9.17) is 5.73 Å². The maximum atomic E-state index is 10.1. The van der Waals surface area contributed by atoms with Gasteiger partial charge in [-0.25, -0.2) is 0 Å². The van der Waals surface area contributed by atoms with Crippen molar-refractivity contribution < 1.29 is 5.11 Å². The van der Waals surface area contributed by atoms with Crippen LogP contribution in [0.3, 0.4) is 0 Å². The molecule has 100 valence electrons. The molecule has 1 fully saturated rings. The van der Waals surface area contributed by atoms with Crippen LogP contribution in [0.15, 0.2) is 12.1 Å². The van der Waals surface area contributed by atoms with Crippen LogP contribution >= 0.6 is 0 Å². The highest BCUT2D eigenvalue weighted by Gasteiger charge is 2.37. The van der Waals surface area contributed by atoms with Crippen LogP contribution in [0.4, 0.5) is 0 Å². The molecule has 0 aromatic heterocycles. The lowest BCUT2D eigenvalue weighted by molar-refractivity contribution is 0.252. The Kier molecular flexibility index (Phi) is 3.64. The molecule has 3 heteroatoms. The van der Waals surface area contributed by atoms with Gasteiger partial charge in [-0.1, -0.05) is 18.6 Å². The highest BCUT2D eigenvalue weighted by molar-refractivity contribution is 5.46. The van der Waals surface area contributed by atoms with Crippen molar-refractivity contribution in [1.29, 1.82) is 0 Å². The predicted molar refractivity (Wildman–Crippen MR) is 74.8 cm³/mol. The molecule has 2 rings (SSSR count). The second kappa shape index (κ2) is 4.90. The molecule has 0 bridgehead atoms. The highest BCUT2D eigenvalue weighted by atomic mass is 16.3. The number of benzene rings is 1. The molecule has 3 nitrogen and oxygen atoms in total. The molecule has 1 aliphatic carbocycles. The number of hydrogen-bond donors (Lipinski definition) is 2. The van der Waals surface area contributed by atoms with Gasteiger partial charge in [-0.15, -0.1) is 0 Å². The van der Waals surface area contributed by atoms with Crippen molar-refractivity contribution in [2.75, 3.05) is 20.6 Å². The van der Waals surface area contributed by atoms with Crippen LogP contribution in [0.25, 0.3) is 0 Å². The van der Waals surface area contributed by atoms with Crippen molar-refractivity contribution in [2.24, 2.45) is 5.73 Å². The molecule has 0 amide bonds. The van der Waals surface area contributed by atoms with Gasteiger partial charge in [0.2, 0.25) is 0 Å². The Labute approximate surface area is 110 Å². The van der Waals surface area contributed by atoms with Crippen molar-refractivity contribution in [2.45, 2.75) is 38.1 Å². The maximum Gasteiger partial charge on any atom is 0.122 e. The SMILES string of the molecule is Cc1cc(C2(CN)CCC2)cc(CN(C)C)c1O. The third-order valence-electron chi connectivity index (χ3n) is 4.18. The molecule has 0 saturated heterocycles. The average Bonchev–Trinajstić information content (AvgIpc) is 2.23. The summed E-state index contributed by atoms with van der Waals surface area (Å²) in [4.78, 5) is 2.08. The molecule has 1 aliphatic rings. The molecule has 18 heavy (non-hydrogen) atoms. The van der Waals surface area contributed by atoms with Crippen molar-refractivity contribution >= 4 is 0 Å². The largest absolute Gasteiger partial charge is 0.507 e. The fourth-order valence-electron chi connectivity index (χ4n) is 2.83. The van der Waals surface area contributed by atoms with Crippen molar-refractivity contribution in [3.05, 3.63) is 28.8 Å². The number of nitrogens with two attached hydrogens (primary N) is 1. The average molecular weight is 248 g/mol. The number of phenolic OH excluding ortho intramolecular Hbond substituents is 1. The number of nitrogens with zero attached hydrogens (tertiary/aromatic N) is 1. The van der Waals surface area contributed by atoms with Gasteiger partial charge < -0.3 is 15.7 Å². The number of aryl methyl sites for hydroxylation is 1. The molecule has 1 aromatic carbocycles. The van der Waals surface area contributed by atoms with Gasteiger partial charge >= 0.3 is 0 Å². The van der Waals surface area contributed by atoms with E-state index >= 15 is 0 Å². The smallest absolute Gasteiger partial charge is 0.122 e. The molecule has 0 atom stereocenters. The van der Waals surface area contributed by atoms with Gasteiger partial charge in [-0.05, 0) is 45.0 Å². The van der Waals surface area contributed by atoms with Gasteiger partial charge in [0.1, 0.15) is 5.75 Å². The minimum Gasteiger partial charge on any atom is -0.507 e. The fraction of sp³-hybridized carbons (Fsp3) is 0.600. The van der Waals surface area contributed by atoms with Crippen LogP contribution in [0.5, 0.6) is 5.75 Å². The molecule has 0 heterocycles. The standard InChI is InChI=1S/C15H24N2O/c1-11-7-13(15(10-16)5-4-6-15)8-12(14(11)18)9-17(2)3/h7-8,18H,4-6,9-10,16H2,1-3H3. The summed E-state index contributed by atoms with van der Waals surface area (Å²) in [6, 6.07) is 4.26. The molecular weight excluding hydrogens is 224 g/mol. The molecule has 0 spiro atoms. The van der Waals surface area contributed by atoms with Gasteiger partial charge in [0, 0.05) is 24.1 Å². The second-order valence-electron chi connectivity index (χ2n) is 5.88. The minimum atomic E-state index is 0.166. The Morgan fingerprint density at radius 1 is 1.33 bits per heavy atom. The lowest BCUT2D eigenvalue weighted by Gasteiger charge is -2.42. The highest BCUT2D eigenvalue weighted by Crippen LogP contribution is 2.44. The number of hydrogen-bond acceptors (Lipinski definition) is 3. The first-order valence-electron chi connectivity index (χ1n) is 6.66. The third-order valence-corrected chi connectivity index (χ3v) is 4.18. The minimum absolute atomic E-state index is 0.166. The summed E-state index contributed by atoms with van der Waals surface area (Å²) in [7, 11) is 4.03. The molecule has 3 N–H and O–H groups in total. The van der Waals surface area contributed by atoms with Crippen molar-refractivity contribution in [3.63, 3.8) is 0 Å². The topological polar surface area (TPSA) is 49.5 Å². The zero-order chi connectivity index (χ0) is 13.3. The summed E-state index contributed by atoms with van der Waals surface area (Å²) in [6.07, 6.45) is 3.62. The van der Waals surface area contributed by atoms with Gasteiger partial charge in [-0.3, -0.25) is 0 Å². The summed E-state index contributed by atoms with van der Waals surface area (Å²) in [5.74, 6) is 0.430. The zero-order valence-electron chi connectivity index (χ0n) is 11.7. The summed E-state index contributed by atoms with van der Waals surface area (Å²) >= 11 is 0. The third kappa shape index (κ3) is 2.25. The van der Waals surface area contributed by atoms with E-state index in [9.17, 15) is 5.11 Å². The van der Waals surface area contributed by atoms with E-state index in [0.717, 1.165) is 17.7 Å². The Hall–Kier alpha value is -1.06. The molecule has 1 saturated carbocycles. The zero-order valence-corrected chi connectivity index (χ0v) is 11.7. The number of aromatic hydroxyl groups is 1. The van der Waals surface area contributed by atoms with E-state index in [2.05, 4.69) is 17.0 Å². The molecular formula is C15H24N2O. The summed E-state index contributed by atoms with van der Waals surface area (Å²) in [5, 5.41) is 10.1. The van der Waals surface area contributed by atoms with Crippen LogP contribution < -0.4 is 5.73 Å². The van der Waals surface area contributed by atoms with E-state index in [1.165, 1.54) is 24.8 Å². The van der Waals surface area contributed by atoms with Crippen LogP contribution in [0, 0.1) is 6.92 Å². The molecule has 1 aromatic rings. The summed E-state index contributed by atoms with van der Waals surface area (Å²) in [6.45, 7) is 3.45. The monoisotopic (exact) mass is 248 g/mol. The maximum absolute atomic E-state index is 10.1. The van der Waals surface area contributed by atoms with E-state index in [-0.39, 0.29) is 5.41 Å². The first kappa shape index (κ1) is 13.4.